The normalized spacial score (nSPS) is 16.1. The first-order valence-corrected chi connectivity index (χ1v) is 10.7. The highest BCUT2D eigenvalue weighted by Crippen LogP contribution is 2.37. The molecule has 172 valence electrons. The van der Waals surface area contributed by atoms with Crippen LogP contribution in [0.3, 0.4) is 0 Å². The average Bonchev–Trinajstić information content (AvgIpc) is 2.74. The van der Waals surface area contributed by atoms with E-state index in [1.165, 1.54) is 6.92 Å². The summed E-state index contributed by atoms with van der Waals surface area (Å²) in [5.74, 6) is -0.957. The maximum atomic E-state index is 13.1. The maximum Gasteiger partial charge on any atom is 0.307 e. The van der Waals surface area contributed by atoms with Crippen molar-refractivity contribution in [3.63, 3.8) is 0 Å². The molecule has 0 aromatic heterocycles. The van der Waals surface area contributed by atoms with Crippen molar-refractivity contribution in [2.45, 2.75) is 72.0 Å². The molecule has 32 heavy (non-hydrogen) atoms. The van der Waals surface area contributed by atoms with Crippen LogP contribution in [0.1, 0.15) is 71.3 Å². The van der Waals surface area contributed by atoms with Gasteiger partial charge in [0.1, 0.15) is 0 Å². The van der Waals surface area contributed by atoms with Crippen LogP contribution < -0.4 is 0 Å². The van der Waals surface area contributed by atoms with Crippen LogP contribution in [-0.2, 0) is 24.0 Å². The van der Waals surface area contributed by atoms with Gasteiger partial charge in [0.25, 0.3) is 5.09 Å². The molecule has 1 aromatic carbocycles. The monoisotopic (exact) mass is 443 g/mol. The first kappa shape index (κ1) is 25.0. The molecule has 8 nitrogen and oxygen atoms in total. The summed E-state index contributed by atoms with van der Waals surface area (Å²) in [7, 11) is 0. The molecule has 0 fully saturated rings. The zero-order valence-corrected chi connectivity index (χ0v) is 18.9. The molecule has 2 atom stereocenters. The molecule has 0 N–H and O–H groups in total. The van der Waals surface area contributed by atoms with E-state index in [1.54, 1.807) is 20.8 Å². The van der Waals surface area contributed by atoms with Crippen LogP contribution in [0.4, 0.5) is 0 Å². The van der Waals surface area contributed by atoms with Gasteiger partial charge in [-0.15, -0.1) is 10.1 Å². The lowest BCUT2D eigenvalue weighted by atomic mass is 9.76. The number of Topliss-reactive ketones (excluding diaryl/α,β-unsaturated/α-hetero) is 2. The first-order valence-electron chi connectivity index (χ1n) is 10.7. The van der Waals surface area contributed by atoms with Crippen LogP contribution in [0, 0.1) is 10.1 Å². The number of ether oxygens (including phenoxy) is 1. The number of nitrogens with zero attached hydrogens (tertiary/aromatic N) is 1. The van der Waals surface area contributed by atoms with Crippen LogP contribution in [0.25, 0.3) is 0 Å². The molecule has 8 heteroatoms. The van der Waals surface area contributed by atoms with Gasteiger partial charge in [-0.1, -0.05) is 43.2 Å². The minimum absolute atomic E-state index is 0.0863. The summed E-state index contributed by atoms with van der Waals surface area (Å²) in [6, 6.07) is 9.63. The Balaban J connectivity index is 2.02. The lowest BCUT2D eigenvalue weighted by molar-refractivity contribution is -0.777. The number of rotatable bonds is 11. The topological polar surface area (TPSA) is 113 Å². The van der Waals surface area contributed by atoms with Gasteiger partial charge >= 0.3 is 5.97 Å². The van der Waals surface area contributed by atoms with Gasteiger partial charge in [0.05, 0.1) is 0 Å². The third kappa shape index (κ3) is 6.35. The summed E-state index contributed by atoms with van der Waals surface area (Å²) >= 11 is 0. The van der Waals surface area contributed by atoms with Gasteiger partial charge in [-0.05, 0) is 46.1 Å². The van der Waals surface area contributed by atoms with Crippen LogP contribution >= 0.6 is 0 Å². The number of hydrogen-bond acceptors (Lipinski definition) is 7. The molecule has 1 aliphatic carbocycles. The van der Waals surface area contributed by atoms with Crippen molar-refractivity contribution in [3.8, 4) is 0 Å². The molecule has 0 aliphatic heterocycles. The summed E-state index contributed by atoms with van der Waals surface area (Å²) in [6.07, 6.45) is 1.48. The highest BCUT2D eigenvalue weighted by atomic mass is 17.0. The van der Waals surface area contributed by atoms with E-state index in [9.17, 15) is 24.5 Å². The molecule has 0 saturated carbocycles. The summed E-state index contributed by atoms with van der Waals surface area (Å²) in [5.41, 5.74) is 3.01. The van der Waals surface area contributed by atoms with Crippen LogP contribution in [-0.4, -0.2) is 28.9 Å². The van der Waals surface area contributed by atoms with Crippen LogP contribution in [0.2, 0.25) is 0 Å². The first-order chi connectivity index (χ1) is 15.1. The second-order valence-corrected chi connectivity index (χ2v) is 7.90. The Morgan fingerprint density at radius 1 is 0.969 bits per heavy atom. The number of hydrogen-bond donors (Lipinski definition) is 0. The SMILES string of the molecule is CC1=C(C)C(=O)C(C(CCCCCC(=O)OC(C)O[N+](=O)[O-])c2ccccc2)=C(C)C1=O. The molecule has 1 aromatic rings. The van der Waals surface area contributed by atoms with Crippen molar-refractivity contribution in [1.82, 2.24) is 0 Å². The van der Waals surface area contributed by atoms with Crippen molar-refractivity contribution in [3.05, 3.63) is 68.3 Å². The highest BCUT2D eigenvalue weighted by Gasteiger charge is 2.33. The number of carbonyl (C=O) groups excluding carboxylic acids is 3. The van der Waals surface area contributed by atoms with Gasteiger partial charge in [-0.2, -0.15) is 0 Å². The Labute approximate surface area is 187 Å². The number of esters is 1. The number of benzene rings is 1. The largest absolute Gasteiger partial charge is 0.435 e. The lowest BCUT2D eigenvalue weighted by Gasteiger charge is -2.26. The fourth-order valence-electron chi connectivity index (χ4n) is 3.88. The van der Waals surface area contributed by atoms with E-state index in [0.29, 0.717) is 41.6 Å². The molecule has 2 rings (SSSR count). The van der Waals surface area contributed by atoms with Crippen molar-refractivity contribution < 1.29 is 29.0 Å². The zero-order valence-electron chi connectivity index (χ0n) is 18.9. The molecule has 0 radical (unpaired) electrons. The standard InChI is InChI=1S/C24H29NO7/c1-15-16(2)24(28)22(17(3)23(15)27)20(19-11-7-5-8-12-19)13-9-6-10-14-21(26)31-18(4)32-25(29)30/h5,7-8,11-12,18,20H,6,9-10,13-14H2,1-4H3. The van der Waals surface area contributed by atoms with Gasteiger partial charge in [-0.3, -0.25) is 19.2 Å². The smallest absolute Gasteiger partial charge is 0.307 e. The van der Waals surface area contributed by atoms with Crippen molar-refractivity contribution >= 4 is 17.5 Å². The van der Waals surface area contributed by atoms with Crippen molar-refractivity contribution in [2.75, 3.05) is 0 Å². The Hall–Kier alpha value is -3.29. The van der Waals surface area contributed by atoms with Gasteiger partial charge in [0, 0.05) is 34.6 Å². The van der Waals surface area contributed by atoms with E-state index in [0.717, 1.165) is 12.0 Å². The second kappa shape index (κ2) is 11.4. The number of unbranched alkanes of at least 4 members (excludes halogenated alkanes) is 2. The third-order valence-corrected chi connectivity index (χ3v) is 5.69. The van der Waals surface area contributed by atoms with Gasteiger partial charge < -0.3 is 4.74 Å². The van der Waals surface area contributed by atoms with E-state index in [2.05, 4.69) is 4.84 Å². The summed E-state index contributed by atoms with van der Waals surface area (Å²) in [6.45, 7) is 6.37. The molecular formula is C24H29NO7. The van der Waals surface area contributed by atoms with Gasteiger partial charge in [-0.25, -0.2) is 0 Å². The predicted octanol–water partition coefficient (Wildman–Crippen LogP) is 4.62. The van der Waals surface area contributed by atoms with E-state index >= 15 is 0 Å². The van der Waals surface area contributed by atoms with E-state index in [1.807, 2.05) is 30.3 Å². The lowest BCUT2D eigenvalue weighted by Crippen LogP contribution is -2.24. The second-order valence-electron chi connectivity index (χ2n) is 7.90. The fraction of sp³-hybridized carbons (Fsp3) is 0.458. The Bertz CT molecular complexity index is 946. The van der Waals surface area contributed by atoms with E-state index < -0.39 is 17.3 Å². The molecule has 2 unspecified atom stereocenters. The van der Waals surface area contributed by atoms with Crippen LogP contribution in [0.5, 0.6) is 0 Å². The molecule has 0 saturated heterocycles. The fourth-order valence-corrected chi connectivity index (χ4v) is 3.88. The van der Waals surface area contributed by atoms with Crippen molar-refractivity contribution in [2.24, 2.45) is 0 Å². The quantitative estimate of drug-likeness (QED) is 0.122. The van der Waals surface area contributed by atoms with E-state index in [4.69, 9.17) is 4.74 Å². The number of allylic oxidation sites excluding steroid dienone is 4. The predicted molar refractivity (Wildman–Crippen MR) is 117 cm³/mol. The van der Waals surface area contributed by atoms with E-state index in [-0.39, 0.29) is 23.9 Å². The van der Waals surface area contributed by atoms with Crippen LogP contribution in [0.15, 0.2) is 52.6 Å². The minimum Gasteiger partial charge on any atom is -0.435 e. The molecule has 0 spiro atoms. The summed E-state index contributed by atoms with van der Waals surface area (Å²) in [4.78, 5) is 51.9. The molecule has 0 bridgehead atoms. The average molecular weight is 443 g/mol. The number of carbonyl (C=O) groups is 3. The Kier molecular flexibility index (Phi) is 8.87. The third-order valence-electron chi connectivity index (χ3n) is 5.69. The van der Waals surface area contributed by atoms with Gasteiger partial charge in [0.15, 0.2) is 11.6 Å². The summed E-state index contributed by atoms with van der Waals surface area (Å²) in [5, 5.41) is 9.24. The molecular weight excluding hydrogens is 414 g/mol. The number of ketones is 2. The van der Waals surface area contributed by atoms with Gasteiger partial charge in [0.2, 0.25) is 6.29 Å². The maximum absolute atomic E-state index is 13.1. The Morgan fingerprint density at radius 3 is 2.22 bits per heavy atom. The minimum atomic E-state index is -1.25. The summed E-state index contributed by atoms with van der Waals surface area (Å²) < 4.78 is 4.82. The molecule has 0 amide bonds. The highest BCUT2D eigenvalue weighted by molar-refractivity contribution is 6.25. The molecule has 0 heterocycles. The molecule has 1 aliphatic rings. The zero-order chi connectivity index (χ0) is 23.8. The van der Waals surface area contributed by atoms with Crippen molar-refractivity contribution in [1.29, 1.82) is 0 Å². The Morgan fingerprint density at radius 2 is 1.59 bits per heavy atom.